The van der Waals surface area contributed by atoms with E-state index >= 15 is 0 Å². The van der Waals surface area contributed by atoms with E-state index in [-0.39, 0.29) is 17.1 Å². The molecule has 1 aliphatic heterocycles. The quantitative estimate of drug-likeness (QED) is 0.314. The molecule has 0 aromatic heterocycles. The summed E-state index contributed by atoms with van der Waals surface area (Å²) < 4.78 is 34.4. The highest BCUT2D eigenvalue weighted by atomic mass is 32.2. The lowest BCUT2D eigenvalue weighted by Gasteiger charge is -2.35. The van der Waals surface area contributed by atoms with Crippen molar-refractivity contribution in [3.63, 3.8) is 0 Å². The van der Waals surface area contributed by atoms with Gasteiger partial charge in [-0.15, -0.1) is 0 Å². The van der Waals surface area contributed by atoms with Gasteiger partial charge in [-0.05, 0) is 42.8 Å². The third-order valence-electron chi connectivity index (χ3n) is 6.22. The van der Waals surface area contributed by atoms with Gasteiger partial charge in [-0.3, -0.25) is 0 Å². The highest BCUT2D eigenvalue weighted by Crippen LogP contribution is 2.48. The molecule has 1 heterocycles. The van der Waals surface area contributed by atoms with Crippen molar-refractivity contribution in [3.8, 4) is 0 Å². The minimum absolute atomic E-state index is 0.147. The number of hydrogen-bond acceptors (Lipinski definition) is 3. The molecular weight excluding hydrogens is 410 g/mol. The van der Waals surface area contributed by atoms with Crippen molar-refractivity contribution < 1.29 is 12.8 Å². The van der Waals surface area contributed by atoms with Crippen molar-refractivity contribution in [1.82, 2.24) is 4.31 Å². The van der Waals surface area contributed by atoms with Gasteiger partial charge >= 0.3 is 0 Å². The Labute approximate surface area is 182 Å². The van der Waals surface area contributed by atoms with Crippen LogP contribution in [-0.2, 0) is 14.4 Å². The standard InChI is InChI=1S/C24H33NO3SSi/c1-19-14-16-21(17-15-19)29(26,27)25-22(23(25)20-11-8-7-9-12-20)13-10-18-28-30(5,6)24(2,3)4/h7-17,22-23H,18H2,1-6H3/b13-10-/t22-,23-,25?/m0/s1. The average molecular weight is 444 g/mol. The monoisotopic (exact) mass is 443 g/mol. The highest BCUT2D eigenvalue weighted by molar-refractivity contribution is 7.89. The zero-order valence-corrected chi connectivity index (χ0v) is 20.6. The molecule has 4 nitrogen and oxygen atoms in total. The lowest BCUT2D eigenvalue weighted by molar-refractivity contribution is 0.327. The maximum Gasteiger partial charge on any atom is 0.244 e. The Morgan fingerprint density at radius 1 is 1.03 bits per heavy atom. The number of rotatable bonds is 7. The molecule has 6 heteroatoms. The molecule has 30 heavy (non-hydrogen) atoms. The predicted molar refractivity (Wildman–Crippen MR) is 125 cm³/mol. The van der Waals surface area contributed by atoms with Crippen LogP contribution in [0.25, 0.3) is 0 Å². The zero-order valence-electron chi connectivity index (χ0n) is 18.8. The van der Waals surface area contributed by atoms with Crippen LogP contribution in [-0.4, -0.2) is 33.7 Å². The van der Waals surface area contributed by atoms with Crippen molar-refractivity contribution in [1.29, 1.82) is 0 Å². The third kappa shape index (κ3) is 4.77. The molecule has 2 aromatic rings. The van der Waals surface area contributed by atoms with Crippen LogP contribution in [0.2, 0.25) is 18.1 Å². The highest BCUT2D eigenvalue weighted by Gasteiger charge is 2.54. The summed E-state index contributed by atoms with van der Waals surface area (Å²) in [6, 6.07) is 16.5. The molecule has 162 valence electrons. The van der Waals surface area contributed by atoms with Gasteiger partial charge < -0.3 is 4.43 Å². The lowest BCUT2D eigenvalue weighted by atomic mass is 10.1. The first-order valence-electron chi connectivity index (χ1n) is 10.4. The second kappa shape index (κ2) is 8.42. The second-order valence-electron chi connectivity index (χ2n) is 9.49. The summed E-state index contributed by atoms with van der Waals surface area (Å²) >= 11 is 0. The first kappa shape index (κ1) is 22.9. The van der Waals surface area contributed by atoms with Gasteiger partial charge in [0.1, 0.15) is 0 Å². The fourth-order valence-electron chi connectivity index (χ4n) is 3.22. The Balaban J connectivity index is 1.80. The fourth-order valence-corrected chi connectivity index (χ4v) is 5.89. The number of hydrogen-bond donors (Lipinski definition) is 0. The Morgan fingerprint density at radius 3 is 2.20 bits per heavy atom. The van der Waals surface area contributed by atoms with Crippen molar-refractivity contribution in [2.75, 3.05) is 6.61 Å². The van der Waals surface area contributed by atoms with Crippen LogP contribution < -0.4 is 0 Å². The Morgan fingerprint density at radius 2 is 1.63 bits per heavy atom. The Kier molecular flexibility index (Phi) is 6.44. The third-order valence-corrected chi connectivity index (χ3v) is 12.6. The number of sulfonamides is 1. The van der Waals surface area contributed by atoms with Crippen LogP contribution in [0.15, 0.2) is 71.6 Å². The van der Waals surface area contributed by atoms with Gasteiger partial charge in [-0.1, -0.05) is 81.0 Å². The average Bonchev–Trinajstić information content (AvgIpc) is 3.41. The molecule has 3 atom stereocenters. The molecule has 0 amide bonds. The lowest BCUT2D eigenvalue weighted by Crippen LogP contribution is -2.40. The molecule has 0 spiro atoms. The summed E-state index contributed by atoms with van der Waals surface area (Å²) in [4.78, 5) is 0.336. The molecular formula is C24H33NO3SSi. The van der Waals surface area contributed by atoms with Gasteiger partial charge in [0.2, 0.25) is 10.0 Å². The van der Waals surface area contributed by atoms with Crippen LogP contribution in [0.3, 0.4) is 0 Å². The minimum atomic E-state index is -3.57. The van der Waals surface area contributed by atoms with Gasteiger partial charge in [-0.25, -0.2) is 8.42 Å². The number of benzene rings is 2. The molecule has 1 unspecified atom stereocenters. The van der Waals surface area contributed by atoms with E-state index in [1.807, 2.05) is 61.5 Å². The van der Waals surface area contributed by atoms with E-state index in [2.05, 4.69) is 33.9 Å². The minimum Gasteiger partial charge on any atom is -0.413 e. The van der Waals surface area contributed by atoms with Gasteiger partial charge in [0.05, 0.1) is 23.6 Å². The zero-order chi connectivity index (χ0) is 22.2. The first-order valence-corrected chi connectivity index (χ1v) is 14.8. The van der Waals surface area contributed by atoms with Crippen LogP contribution >= 0.6 is 0 Å². The summed E-state index contributed by atoms with van der Waals surface area (Å²) in [5, 5.41) is 0.147. The van der Waals surface area contributed by atoms with Crippen molar-refractivity contribution in [2.24, 2.45) is 0 Å². The van der Waals surface area contributed by atoms with E-state index in [9.17, 15) is 8.42 Å². The van der Waals surface area contributed by atoms with Gasteiger partial charge in [0.15, 0.2) is 8.32 Å². The molecule has 3 rings (SSSR count). The van der Waals surface area contributed by atoms with Gasteiger partial charge in [-0.2, -0.15) is 4.31 Å². The molecule has 1 aliphatic rings. The van der Waals surface area contributed by atoms with E-state index in [0.717, 1.165) is 11.1 Å². The van der Waals surface area contributed by atoms with E-state index in [4.69, 9.17) is 4.43 Å². The topological polar surface area (TPSA) is 46.4 Å². The van der Waals surface area contributed by atoms with E-state index in [1.54, 1.807) is 16.4 Å². The van der Waals surface area contributed by atoms with Crippen LogP contribution in [0, 0.1) is 6.92 Å². The maximum absolute atomic E-state index is 13.3. The Hall–Kier alpha value is -1.73. The van der Waals surface area contributed by atoms with E-state index in [1.165, 1.54) is 0 Å². The largest absolute Gasteiger partial charge is 0.413 e. The molecule has 0 radical (unpaired) electrons. The van der Waals surface area contributed by atoms with Crippen LogP contribution in [0.1, 0.15) is 37.9 Å². The Bertz CT molecular complexity index is 993. The molecule has 2 aromatic carbocycles. The second-order valence-corrected chi connectivity index (χ2v) is 16.1. The molecule has 0 bridgehead atoms. The fraction of sp³-hybridized carbons (Fsp3) is 0.417. The summed E-state index contributed by atoms with van der Waals surface area (Å²) in [5.74, 6) is 0. The van der Waals surface area contributed by atoms with Crippen molar-refractivity contribution >= 4 is 18.3 Å². The maximum atomic E-state index is 13.3. The number of aryl methyl sites for hydroxylation is 1. The SMILES string of the molecule is Cc1ccc(S(=O)(=O)N2[C@@H](/C=C\CO[Si](C)(C)C(C)(C)C)[C@@H]2c2ccccc2)cc1. The molecule has 0 aliphatic carbocycles. The number of nitrogens with zero attached hydrogens (tertiary/aromatic N) is 1. The van der Waals surface area contributed by atoms with Crippen LogP contribution in [0.4, 0.5) is 0 Å². The summed E-state index contributed by atoms with van der Waals surface area (Å²) in [6.07, 6.45) is 3.96. The van der Waals surface area contributed by atoms with Gasteiger partial charge in [0.25, 0.3) is 0 Å². The van der Waals surface area contributed by atoms with E-state index < -0.39 is 18.3 Å². The van der Waals surface area contributed by atoms with Crippen LogP contribution in [0.5, 0.6) is 0 Å². The molecule has 0 N–H and O–H groups in total. The summed E-state index contributed by atoms with van der Waals surface area (Å²) in [6.45, 7) is 13.5. The summed E-state index contributed by atoms with van der Waals surface area (Å²) in [5.41, 5.74) is 2.05. The normalized spacial score (nSPS) is 22.4. The first-order chi connectivity index (χ1) is 13.9. The predicted octanol–water partition coefficient (Wildman–Crippen LogP) is 5.69. The molecule has 1 fully saturated rings. The molecule has 1 saturated heterocycles. The smallest absolute Gasteiger partial charge is 0.244 e. The summed E-state index contributed by atoms with van der Waals surface area (Å²) in [7, 11) is -5.40. The van der Waals surface area contributed by atoms with Crippen molar-refractivity contribution in [2.45, 2.75) is 62.8 Å². The molecule has 0 saturated carbocycles. The van der Waals surface area contributed by atoms with Crippen molar-refractivity contribution in [3.05, 3.63) is 77.9 Å². The van der Waals surface area contributed by atoms with Gasteiger partial charge in [0, 0.05) is 0 Å². The van der Waals surface area contributed by atoms with E-state index in [0.29, 0.717) is 11.5 Å².